The van der Waals surface area contributed by atoms with Crippen molar-refractivity contribution in [2.75, 3.05) is 19.0 Å². The van der Waals surface area contributed by atoms with Crippen LogP contribution in [0.2, 0.25) is 0 Å². The predicted octanol–water partition coefficient (Wildman–Crippen LogP) is 3.60. The van der Waals surface area contributed by atoms with E-state index in [4.69, 9.17) is 4.74 Å². The number of fused-ring (bicyclic) bond motifs is 1. The fourth-order valence-electron chi connectivity index (χ4n) is 2.74. The van der Waals surface area contributed by atoms with E-state index in [9.17, 15) is 0 Å². The van der Waals surface area contributed by atoms with Crippen molar-refractivity contribution >= 4 is 16.6 Å². The molecule has 0 unspecified atom stereocenters. The molecular formula is C18H19N3O. The minimum Gasteiger partial charge on any atom is -0.496 e. The molecule has 0 atom stereocenters. The zero-order valence-corrected chi connectivity index (χ0v) is 12.8. The molecule has 4 heteroatoms. The zero-order valence-electron chi connectivity index (χ0n) is 12.8. The lowest BCUT2D eigenvalue weighted by Gasteiger charge is -2.15. The van der Waals surface area contributed by atoms with E-state index in [1.807, 2.05) is 6.07 Å². The number of hydrogen-bond acceptors (Lipinski definition) is 4. The Labute approximate surface area is 130 Å². The lowest BCUT2D eigenvalue weighted by molar-refractivity contribution is 0.410. The van der Waals surface area contributed by atoms with Gasteiger partial charge < -0.3 is 10.1 Å². The van der Waals surface area contributed by atoms with Gasteiger partial charge in [-0.25, -0.2) is 9.97 Å². The maximum atomic E-state index is 5.58. The van der Waals surface area contributed by atoms with Crippen LogP contribution in [0, 0.1) is 6.92 Å². The maximum absolute atomic E-state index is 5.58. The standard InChI is InChI=1S/C18H19N3O/c1-13-15-6-4-3-5-14(15)11-17(22-2)16(13)7-10-20-18-8-9-19-12-21-18/h3-6,8-9,11-12H,7,10H2,1-2H3,(H,19,20,21). The molecule has 0 saturated carbocycles. The van der Waals surface area contributed by atoms with E-state index in [2.05, 4.69) is 52.5 Å². The Balaban J connectivity index is 1.84. The Kier molecular flexibility index (Phi) is 4.19. The van der Waals surface area contributed by atoms with E-state index in [0.717, 1.165) is 24.5 Å². The second-order valence-electron chi connectivity index (χ2n) is 5.17. The molecule has 1 aromatic heterocycles. The first-order valence-electron chi connectivity index (χ1n) is 7.34. The Morgan fingerprint density at radius 2 is 2.05 bits per heavy atom. The molecule has 2 aromatic carbocycles. The van der Waals surface area contributed by atoms with Gasteiger partial charge >= 0.3 is 0 Å². The summed E-state index contributed by atoms with van der Waals surface area (Å²) < 4.78 is 5.58. The van der Waals surface area contributed by atoms with Crippen LogP contribution >= 0.6 is 0 Å². The van der Waals surface area contributed by atoms with E-state index >= 15 is 0 Å². The van der Waals surface area contributed by atoms with Gasteiger partial charge in [0.1, 0.15) is 17.9 Å². The number of nitrogens with one attached hydrogen (secondary N) is 1. The summed E-state index contributed by atoms with van der Waals surface area (Å²) >= 11 is 0. The van der Waals surface area contributed by atoms with Crippen LogP contribution in [-0.2, 0) is 6.42 Å². The maximum Gasteiger partial charge on any atom is 0.129 e. The van der Waals surface area contributed by atoms with Crippen LogP contribution in [0.25, 0.3) is 10.8 Å². The van der Waals surface area contributed by atoms with E-state index in [1.165, 1.54) is 21.9 Å². The SMILES string of the molecule is COc1cc2ccccc2c(C)c1CCNc1ccncn1. The summed E-state index contributed by atoms with van der Waals surface area (Å²) in [6.07, 6.45) is 4.16. The van der Waals surface area contributed by atoms with Gasteiger partial charge in [0.2, 0.25) is 0 Å². The van der Waals surface area contributed by atoms with Crippen molar-refractivity contribution in [3.8, 4) is 5.75 Å². The van der Waals surface area contributed by atoms with Gasteiger partial charge in [-0.15, -0.1) is 0 Å². The first-order valence-corrected chi connectivity index (χ1v) is 7.34. The normalized spacial score (nSPS) is 10.6. The number of anilines is 1. The van der Waals surface area contributed by atoms with Gasteiger partial charge in [0.15, 0.2) is 0 Å². The summed E-state index contributed by atoms with van der Waals surface area (Å²) in [5.74, 6) is 1.79. The van der Waals surface area contributed by atoms with Gasteiger partial charge in [0.05, 0.1) is 7.11 Å². The molecule has 1 N–H and O–H groups in total. The highest BCUT2D eigenvalue weighted by Gasteiger charge is 2.10. The average Bonchev–Trinajstić information content (AvgIpc) is 2.57. The van der Waals surface area contributed by atoms with Crippen LogP contribution in [0.3, 0.4) is 0 Å². The fourth-order valence-corrected chi connectivity index (χ4v) is 2.74. The lowest BCUT2D eigenvalue weighted by Crippen LogP contribution is -2.08. The van der Waals surface area contributed by atoms with E-state index in [1.54, 1.807) is 19.6 Å². The van der Waals surface area contributed by atoms with Gasteiger partial charge in [-0.1, -0.05) is 24.3 Å². The average molecular weight is 293 g/mol. The topological polar surface area (TPSA) is 47.0 Å². The molecule has 3 aromatic rings. The summed E-state index contributed by atoms with van der Waals surface area (Å²) in [7, 11) is 1.73. The van der Waals surface area contributed by atoms with Crippen molar-refractivity contribution in [2.24, 2.45) is 0 Å². The van der Waals surface area contributed by atoms with Crippen LogP contribution in [0.15, 0.2) is 48.9 Å². The number of nitrogens with zero attached hydrogens (tertiary/aromatic N) is 2. The highest BCUT2D eigenvalue weighted by atomic mass is 16.5. The van der Waals surface area contributed by atoms with Crippen molar-refractivity contribution in [1.82, 2.24) is 9.97 Å². The molecule has 1 heterocycles. The molecule has 0 aliphatic heterocycles. The van der Waals surface area contributed by atoms with Crippen LogP contribution in [-0.4, -0.2) is 23.6 Å². The van der Waals surface area contributed by atoms with E-state index in [-0.39, 0.29) is 0 Å². The third-order valence-electron chi connectivity index (χ3n) is 3.88. The van der Waals surface area contributed by atoms with Crippen LogP contribution in [0.5, 0.6) is 5.75 Å². The summed E-state index contributed by atoms with van der Waals surface area (Å²) in [4.78, 5) is 8.09. The van der Waals surface area contributed by atoms with Crippen LogP contribution in [0.1, 0.15) is 11.1 Å². The third kappa shape index (κ3) is 2.86. The number of methoxy groups -OCH3 is 1. The van der Waals surface area contributed by atoms with Crippen molar-refractivity contribution < 1.29 is 4.74 Å². The molecular weight excluding hydrogens is 274 g/mol. The summed E-state index contributed by atoms with van der Waals surface area (Å²) in [5.41, 5.74) is 2.52. The Morgan fingerprint density at radius 3 is 2.82 bits per heavy atom. The molecule has 0 aliphatic rings. The monoisotopic (exact) mass is 293 g/mol. The molecule has 0 amide bonds. The van der Waals surface area contributed by atoms with Crippen molar-refractivity contribution in [3.63, 3.8) is 0 Å². The second kappa shape index (κ2) is 6.43. The Hall–Kier alpha value is -2.62. The minimum atomic E-state index is 0.798. The van der Waals surface area contributed by atoms with Gasteiger partial charge in [-0.2, -0.15) is 0 Å². The minimum absolute atomic E-state index is 0.798. The molecule has 0 fully saturated rings. The second-order valence-corrected chi connectivity index (χ2v) is 5.17. The summed E-state index contributed by atoms with van der Waals surface area (Å²) in [6.45, 7) is 2.96. The first kappa shape index (κ1) is 14.3. The molecule has 0 saturated heterocycles. The number of rotatable bonds is 5. The van der Waals surface area contributed by atoms with E-state index < -0.39 is 0 Å². The van der Waals surface area contributed by atoms with E-state index in [0.29, 0.717) is 0 Å². The number of aryl methyl sites for hydroxylation is 1. The molecule has 4 nitrogen and oxygen atoms in total. The smallest absolute Gasteiger partial charge is 0.129 e. The lowest BCUT2D eigenvalue weighted by atomic mass is 9.97. The quantitative estimate of drug-likeness (QED) is 0.780. The molecule has 0 radical (unpaired) electrons. The molecule has 0 spiro atoms. The van der Waals surface area contributed by atoms with Gasteiger partial charge in [-0.3, -0.25) is 0 Å². The molecule has 0 aliphatic carbocycles. The first-order chi connectivity index (χ1) is 10.8. The summed E-state index contributed by atoms with van der Waals surface area (Å²) in [6, 6.07) is 12.4. The molecule has 3 rings (SSSR count). The van der Waals surface area contributed by atoms with Crippen molar-refractivity contribution in [1.29, 1.82) is 0 Å². The molecule has 112 valence electrons. The van der Waals surface area contributed by atoms with Crippen LogP contribution < -0.4 is 10.1 Å². The van der Waals surface area contributed by atoms with Crippen LogP contribution in [0.4, 0.5) is 5.82 Å². The third-order valence-corrected chi connectivity index (χ3v) is 3.88. The predicted molar refractivity (Wildman–Crippen MR) is 89.5 cm³/mol. The van der Waals surface area contributed by atoms with Crippen molar-refractivity contribution in [3.05, 3.63) is 60.0 Å². The number of ether oxygens (including phenoxy) is 1. The van der Waals surface area contributed by atoms with Gasteiger partial charge in [0, 0.05) is 12.7 Å². The highest BCUT2D eigenvalue weighted by Crippen LogP contribution is 2.30. The largest absolute Gasteiger partial charge is 0.496 e. The summed E-state index contributed by atoms with van der Waals surface area (Å²) in [5, 5.41) is 5.80. The van der Waals surface area contributed by atoms with Gasteiger partial charge in [0.25, 0.3) is 0 Å². The molecule has 0 bridgehead atoms. The number of hydrogen-bond donors (Lipinski definition) is 1. The Morgan fingerprint density at radius 1 is 1.18 bits per heavy atom. The zero-order chi connectivity index (χ0) is 15.4. The number of benzene rings is 2. The molecule has 22 heavy (non-hydrogen) atoms. The fraction of sp³-hybridized carbons (Fsp3) is 0.222. The highest BCUT2D eigenvalue weighted by molar-refractivity contribution is 5.88. The van der Waals surface area contributed by atoms with Crippen molar-refractivity contribution in [2.45, 2.75) is 13.3 Å². The number of aromatic nitrogens is 2. The van der Waals surface area contributed by atoms with Gasteiger partial charge in [-0.05, 0) is 47.4 Å². The Bertz CT molecular complexity index is 772.